The summed E-state index contributed by atoms with van der Waals surface area (Å²) in [6.07, 6.45) is 0.986. The smallest absolute Gasteiger partial charge is 0.165 e. The van der Waals surface area contributed by atoms with Crippen molar-refractivity contribution < 1.29 is 13.9 Å². The molecule has 0 saturated carbocycles. The van der Waals surface area contributed by atoms with Crippen LogP contribution in [0.4, 0.5) is 10.1 Å². The molecule has 82 valence electrons. The zero-order valence-corrected chi connectivity index (χ0v) is 8.63. The largest absolute Gasteiger partial charge is 0.494 e. The first-order valence-electron chi connectivity index (χ1n) is 4.97. The minimum Gasteiger partial charge on any atom is -0.494 e. The second kappa shape index (κ2) is 4.49. The summed E-state index contributed by atoms with van der Waals surface area (Å²) in [5, 5.41) is 3.27. The zero-order valence-electron chi connectivity index (χ0n) is 8.63. The standard InChI is InChI=1S/C11H14FNO2/c1-14-11-6-8(2-3-10(11)12)13-9-4-5-15-7-9/h2-3,6,9,13H,4-5,7H2,1H3. The van der Waals surface area contributed by atoms with Gasteiger partial charge in [-0.05, 0) is 18.6 Å². The van der Waals surface area contributed by atoms with E-state index in [1.807, 2.05) is 0 Å². The van der Waals surface area contributed by atoms with E-state index in [0.717, 1.165) is 18.7 Å². The fraction of sp³-hybridized carbons (Fsp3) is 0.455. The Morgan fingerprint density at radius 2 is 2.40 bits per heavy atom. The van der Waals surface area contributed by atoms with Crippen LogP contribution in [0.2, 0.25) is 0 Å². The van der Waals surface area contributed by atoms with Crippen molar-refractivity contribution in [3.8, 4) is 5.75 Å². The van der Waals surface area contributed by atoms with E-state index in [-0.39, 0.29) is 11.6 Å². The summed E-state index contributed by atoms with van der Waals surface area (Å²) in [4.78, 5) is 0. The summed E-state index contributed by atoms with van der Waals surface area (Å²) < 4.78 is 23.3. The molecule has 4 heteroatoms. The topological polar surface area (TPSA) is 30.5 Å². The van der Waals surface area contributed by atoms with Gasteiger partial charge in [-0.3, -0.25) is 0 Å². The molecule has 1 fully saturated rings. The van der Waals surface area contributed by atoms with Crippen molar-refractivity contribution in [1.29, 1.82) is 0 Å². The van der Waals surface area contributed by atoms with Gasteiger partial charge in [0.1, 0.15) is 0 Å². The van der Waals surface area contributed by atoms with Gasteiger partial charge in [-0.25, -0.2) is 4.39 Å². The molecule has 1 aromatic carbocycles. The zero-order chi connectivity index (χ0) is 10.7. The van der Waals surface area contributed by atoms with Crippen LogP contribution in [-0.2, 0) is 4.74 Å². The lowest BCUT2D eigenvalue weighted by Crippen LogP contribution is -2.18. The van der Waals surface area contributed by atoms with Gasteiger partial charge in [0.25, 0.3) is 0 Å². The molecule has 1 aliphatic heterocycles. The van der Waals surface area contributed by atoms with Gasteiger partial charge >= 0.3 is 0 Å². The van der Waals surface area contributed by atoms with E-state index in [0.29, 0.717) is 12.6 Å². The van der Waals surface area contributed by atoms with Gasteiger partial charge in [0, 0.05) is 18.4 Å². The van der Waals surface area contributed by atoms with E-state index in [9.17, 15) is 4.39 Å². The first-order chi connectivity index (χ1) is 7.29. The first kappa shape index (κ1) is 10.2. The maximum absolute atomic E-state index is 13.1. The van der Waals surface area contributed by atoms with E-state index in [2.05, 4.69) is 5.32 Å². The Bertz CT molecular complexity index is 337. The molecule has 1 heterocycles. The summed E-state index contributed by atoms with van der Waals surface area (Å²) in [5.74, 6) is -0.0790. The lowest BCUT2D eigenvalue weighted by molar-refractivity contribution is 0.195. The Labute approximate surface area is 88.2 Å². The van der Waals surface area contributed by atoms with Crippen molar-refractivity contribution in [1.82, 2.24) is 0 Å². The quantitative estimate of drug-likeness (QED) is 0.829. The van der Waals surface area contributed by atoms with Crippen molar-refractivity contribution in [2.24, 2.45) is 0 Å². The molecule has 3 nitrogen and oxygen atoms in total. The number of hydrogen-bond acceptors (Lipinski definition) is 3. The molecule has 15 heavy (non-hydrogen) atoms. The maximum atomic E-state index is 13.1. The Balaban J connectivity index is 2.07. The fourth-order valence-electron chi connectivity index (χ4n) is 1.63. The first-order valence-corrected chi connectivity index (χ1v) is 4.97. The summed E-state index contributed by atoms with van der Waals surface area (Å²) in [7, 11) is 1.46. The molecule has 1 saturated heterocycles. The summed E-state index contributed by atoms with van der Waals surface area (Å²) in [6, 6.07) is 5.08. The van der Waals surface area contributed by atoms with Crippen molar-refractivity contribution >= 4 is 5.69 Å². The number of ether oxygens (including phenoxy) is 2. The number of hydrogen-bond donors (Lipinski definition) is 1. The fourth-order valence-corrected chi connectivity index (χ4v) is 1.63. The van der Waals surface area contributed by atoms with Gasteiger partial charge in [-0.1, -0.05) is 0 Å². The number of methoxy groups -OCH3 is 1. The molecule has 0 radical (unpaired) electrons. The van der Waals surface area contributed by atoms with E-state index in [1.54, 1.807) is 12.1 Å². The van der Waals surface area contributed by atoms with Gasteiger partial charge in [0.05, 0.1) is 19.8 Å². The molecule has 0 bridgehead atoms. The Morgan fingerprint density at radius 3 is 3.07 bits per heavy atom. The van der Waals surface area contributed by atoms with Crippen LogP contribution < -0.4 is 10.1 Å². The van der Waals surface area contributed by atoms with Crippen molar-refractivity contribution in [3.63, 3.8) is 0 Å². The molecule has 2 rings (SSSR count). The Morgan fingerprint density at radius 1 is 1.53 bits per heavy atom. The monoisotopic (exact) mass is 211 g/mol. The summed E-state index contributed by atoms with van der Waals surface area (Å²) >= 11 is 0. The normalized spacial score (nSPS) is 20.3. The number of anilines is 1. The highest BCUT2D eigenvalue weighted by molar-refractivity contribution is 5.49. The van der Waals surface area contributed by atoms with Crippen molar-refractivity contribution in [2.45, 2.75) is 12.5 Å². The predicted octanol–water partition coefficient (Wildman–Crippen LogP) is 2.04. The van der Waals surface area contributed by atoms with Gasteiger partial charge in [-0.2, -0.15) is 0 Å². The number of rotatable bonds is 3. The van der Waals surface area contributed by atoms with Gasteiger partial charge in [-0.15, -0.1) is 0 Å². The predicted molar refractivity (Wildman–Crippen MR) is 55.8 cm³/mol. The van der Waals surface area contributed by atoms with E-state index in [1.165, 1.54) is 13.2 Å². The molecule has 0 amide bonds. The van der Waals surface area contributed by atoms with Crippen LogP contribution in [0, 0.1) is 5.82 Å². The van der Waals surface area contributed by atoms with Gasteiger partial charge in [0.2, 0.25) is 0 Å². The lowest BCUT2D eigenvalue weighted by atomic mass is 10.2. The number of benzene rings is 1. The van der Waals surface area contributed by atoms with Crippen LogP contribution in [0.5, 0.6) is 5.75 Å². The second-order valence-corrected chi connectivity index (χ2v) is 3.55. The second-order valence-electron chi connectivity index (χ2n) is 3.55. The molecule has 1 aromatic rings. The average Bonchev–Trinajstić information content (AvgIpc) is 2.73. The summed E-state index contributed by atoms with van der Waals surface area (Å²) in [6.45, 7) is 1.50. The molecule has 0 spiro atoms. The van der Waals surface area contributed by atoms with Gasteiger partial charge in [0.15, 0.2) is 11.6 Å². The highest BCUT2D eigenvalue weighted by atomic mass is 19.1. The minimum atomic E-state index is -0.342. The highest BCUT2D eigenvalue weighted by Gasteiger charge is 2.15. The third-order valence-electron chi connectivity index (χ3n) is 2.45. The Kier molecular flexibility index (Phi) is 3.06. The van der Waals surface area contributed by atoms with Crippen LogP contribution >= 0.6 is 0 Å². The van der Waals surface area contributed by atoms with Crippen LogP contribution in [0.1, 0.15) is 6.42 Å². The molecule has 0 aliphatic carbocycles. The molecular formula is C11H14FNO2. The SMILES string of the molecule is COc1cc(NC2CCOC2)ccc1F. The van der Waals surface area contributed by atoms with Crippen molar-refractivity contribution in [3.05, 3.63) is 24.0 Å². The number of halogens is 1. The lowest BCUT2D eigenvalue weighted by Gasteiger charge is -2.13. The molecular weight excluding hydrogens is 197 g/mol. The van der Waals surface area contributed by atoms with E-state index in [4.69, 9.17) is 9.47 Å². The molecule has 0 aromatic heterocycles. The van der Waals surface area contributed by atoms with Crippen LogP contribution in [0.3, 0.4) is 0 Å². The van der Waals surface area contributed by atoms with Crippen LogP contribution in [-0.4, -0.2) is 26.4 Å². The molecule has 1 unspecified atom stereocenters. The average molecular weight is 211 g/mol. The molecule has 1 atom stereocenters. The van der Waals surface area contributed by atoms with Crippen molar-refractivity contribution in [2.75, 3.05) is 25.6 Å². The third-order valence-corrected chi connectivity index (χ3v) is 2.45. The summed E-state index contributed by atoms with van der Waals surface area (Å²) in [5.41, 5.74) is 0.865. The highest BCUT2D eigenvalue weighted by Crippen LogP contribution is 2.22. The van der Waals surface area contributed by atoms with E-state index < -0.39 is 0 Å². The molecule has 1 N–H and O–H groups in total. The maximum Gasteiger partial charge on any atom is 0.165 e. The Hall–Kier alpha value is -1.29. The van der Waals surface area contributed by atoms with E-state index >= 15 is 0 Å². The van der Waals surface area contributed by atoms with Crippen LogP contribution in [0.15, 0.2) is 18.2 Å². The minimum absolute atomic E-state index is 0.263. The third kappa shape index (κ3) is 2.39. The molecule has 1 aliphatic rings. The number of nitrogens with one attached hydrogen (secondary N) is 1. The van der Waals surface area contributed by atoms with Crippen LogP contribution in [0.25, 0.3) is 0 Å². The van der Waals surface area contributed by atoms with Gasteiger partial charge < -0.3 is 14.8 Å².